The minimum Gasteiger partial charge on any atom is -0.444 e. The molecule has 0 saturated carbocycles. The predicted octanol–water partition coefficient (Wildman–Crippen LogP) is 2.91. The smallest absolute Gasteiger partial charge is 0.408 e. The van der Waals surface area contributed by atoms with Crippen molar-refractivity contribution < 1.29 is 9.53 Å². The van der Waals surface area contributed by atoms with Gasteiger partial charge in [0.2, 0.25) is 0 Å². The highest BCUT2D eigenvalue weighted by molar-refractivity contribution is 5.68. The van der Waals surface area contributed by atoms with Gasteiger partial charge in [0.15, 0.2) is 0 Å². The van der Waals surface area contributed by atoms with Gasteiger partial charge in [0.25, 0.3) is 0 Å². The zero-order chi connectivity index (χ0) is 14.5. The molecule has 0 saturated heterocycles. The molecule has 0 aliphatic carbocycles. The first kappa shape index (κ1) is 15.5. The summed E-state index contributed by atoms with van der Waals surface area (Å²) >= 11 is 0. The van der Waals surface area contributed by atoms with Crippen molar-refractivity contribution in [2.75, 3.05) is 6.54 Å². The van der Waals surface area contributed by atoms with Gasteiger partial charge in [-0.15, -0.1) is 0 Å². The molecular formula is C15H24N2O2. The van der Waals surface area contributed by atoms with Crippen LogP contribution >= 0.6 is 0 Å². The fourth-order valence-corrected chi connectivity index (χ4v) is 1.83. The number of carbonyl (C=O) groups is 1. The van der Waals surface area contributed by atoms with Gasteiger partial charge >= 0.3 is 6.09 Å². The van der Waals surface area contributed by atoms with E-state index in [0.717, 1.165) is 11.1 Å². The Labute approximate surface area is 115 Å². The van der Waals surface area contributed by atoms with E-state index in [1.165, 1.54) is 0 Å². The molecule has 19 heavy (non-hydrogen) atoms. The quantitative estimate of drug-likeness (QED) is 0.878. The van der Waals surface area contributed by atoms with E-state index < -0.39 is 11.7 Å². The number of hydrogen-bond donors (Lipinski definition) is 2. The molecule has 1 aromatic rings. The van der Waals surface area contributed by atoms with Crippen LogP contribution in [0.25, 0.3) is 0 Å². The van der Waals surface area contributed by atoms with E-state index in [-0.39, 0.29) is 6.04 Å². The van der Waals surface area contributed by atoms with E-state index in [1.54, 1.807) is 0 Å². The van der Waals surface area contributed by atoms with Crippen molar-refractivity contribution in [3.63, 3.8) is 0 Å². The molecule has 0 spiro atoms. The monoisotopic (exact) mass is 264 g/mol. The minimum atomic E-state index is -0.496. The zero-order valence-corrected chi connectivity index (χ0v) is 12.2. The number of carbonyl (C=O) groups excluding carboxylic acids is 1. The van der Waals surface area contributed by atoms with Crippen LogP contribution in [0.4, 0.5) is 4.79 Å². The van der Waals surface area contributed by atoms with Crippen LogP contribution in [0.1, 0.15) is 44.4 Å². The second kappa shape index (κ2) is 6.57. The predicted molar refractivity (Wildman–Crippen MR) is 77.0 cm³/mol. The first-order valence-electron chi connectivity index (χ1n) is 6.58. The molecule has 1 amide bonds. The van der Waals surface area contributed by atoms with Crippen LogP contribution in [0.2, 0.25) is 0 Å². The van der Waals surface area contributed by atoms with Crippen LogP contribution in [0.3, 0.4) is 0 Å². The molecule has 0 heterocycles. The summed E-state index contributed by atoms with van der Waals surface area (Å²) < 4.78 is 5.28. The van der Waals surface area contributed by atoms with Crippen LogP contribution in [0.15, 0.2) is 24.3 Å². The second-order valence-electron chi connectivity index (χ2n) is 5.69. The lowest BCUT2D eigenvalue weighted by molar-refractivity contribution is 0.0501. The Morgan fingerprint density at radius 2 is 2.11 bits per heavy atom. The molecule has 0 aliphatic rings. The Morgan fingerprint density at radius 1 is 1.42 bits per heavy atom. The first-order valence-corrected chi connectivity index (χ1v) is 6.58. The Hall–Kier alpha value is -1.55. The largest absolute Gasteiger partial charge is 0.444 e. The molecule has 1 rings (SSSR count). The van der Waals surface area contributed by atoms with Gasteiger partial charge in [0, 0.05) is 0 Å². The molecule has 0 aliphatic heterocycles. The Bertz CT molecular complexity index is 424. The molecule has 1 unspecified atom stereocenters. The van der Waals surface area contributed by atoms with E-state index >= 15 is 0 Å². The molecular weight excluding hydrogens is 240 g/mol. The highest BCUT2D eigenvalue weighted by Gasteiger charge is 2.20. The van der Waals surface area contributed by atoms with Crippen LogP contribution in [-0.4, -0.2) is 18.2 Å². The van der Waals surface area contributed by atoms with Gasteiger partial charge in [-0.25, -0.2) is 4.79 Å². The number of alkyl carbamates (subject to hydrolysis) is 1. The molecule has 3 N–H and O–H groups in total. The summed E-state index contributed by atoms with van der Waals surface area (Å²) in [5, 5.41) is 2.88. The van der Waals surface area contributed by atoms with Crippen LogP contribution in [0.5, 0.6) is 0 Å². The third-order valence-corrected chi connectivity index (χ3v) is 2.59. The van der Waals surface area contributed by atoms with Crippen molar-refractivity contribution in [2.45, 2.75) is 45.8 Å². The number of nitrogens with two attached hydrogens (primary N) is 1. The first-order chi connectivity index (χ1) is 8.81. The van der Waals surface area contributed by atoms with Crippen LogP contribution in [0, 0.1) is 6.92 Å². The third-order valence-electron chi connectivity index (χ3n) is 2.59. The fourth-order valence-electron chi connectivity index (χ4n) is 1.83. The number of hydrogen-bond acceptors (Lipinski definition) is 3. The Kier molecular flexibility index (Phi) is 5.36. The molecule has 106 valence electrons. The number of amides is 1. The molecule has 0 fully saturated rings. The third kappa shape index (κ3) is 5.75. The van der Waals surface area contributed by atoms with Crippen molar-refractivity contribution in [1.82, 2.24) is 5.32 Å². The maximum absolute atomic E-state index is 11.8. The van der Waals surface area contributed by atoms with Crippen molar-refractivity contribution in [3.05, 3.63) is 35.4 Å². The van der Waals surface area contributed by atoms with Gasteiger partial charge < -0.3 is 15.8 Å². The summed E-state index contributed by atoms with van der Waals surface area (Å²) in [4.78, 5) is 11.8. The van der Waals surface area contributed by atoms with E-state index in [2.05, 4.69) is 11.4 Å². The normalized spacial score (nSPS) is 12.9. The number of benzene rings is 1. The maximum Gasteiger partial charge on any atom is 0.408 e. The second-order valence-corrected chi connectivity index (χ2v) is 5.69. The van der Waals surface area contributed by atoms with Gasteiger partial charge in [-0.2, -0.15) is 0 Å². The van der Waals surface area contributed by atoms with Crippen molar-refractivity contribution >= 4 is 6.09 Å². The number of aryl methyl sites for hydroxylation is 1. The Morgan fingerprint density at radius 3 is 2.63 bits per heavy atom. The van der Waals surface area contributed by atoms with Gasteiger partial charge in [0.05, 0.1) is 6.04 Å². The highest BCUT2D eigenvalue weighted by Crippen LogP contribution is 2.18. The summed E-state index contributed by atoms with van der Waals surface area (Å²) in [7, 11) is 0. The Balaban J connectivity index is 2.76. The van der Waals surface area contributed by atoms with Crippen molar-refractivity contribution in [3.8, 4) is 0 Å². The SMILES string of the molecule is Cc1cccc(C(CCN)NC(=O)OC(C)(C)C)c1. The maximum atomic E-state index is 11.8. The molecule has 0 aromatic heterocycles. The van der Waals surface area contributed by atoms with E-state index in [1.807, 2.05) is 45.9 Å². The van der Waals surface area contributed by atoms with Crippen molar-refractivity contribution in [2.24, 2.45) is 5.73 Å². The number of ether oxygens (including phenoxy) is 1. The van der Waals surface area contributed by atoms with Gasteiger partial charge in [-0.1, -0.05) is 29.8 Å². The fraction of sp³-hybridized carbons (Fsp3) is 0.533. The molecule has 4 heteroatoms. The lowest BCUT2D eigenvalue weighted by Gasteiger charge is -2.24. The van der Waals surface area contributed by atoms with Gasteiger partial charge in [-0.05, 0) is 46.2 Å². The van der Waals surface area contributed by atoms with Crippen molar-refractivity contribution in [1.29, 1.82) is 0 Å². The standard InChI is InChI=1S/C15H24N2O2/c1-11-6-5-7-12(10-11)13(8-9-16)17-14(18)19-15(2,3)4/h5-7,10,13H,8-9,16H2,1-4H3,(H,17,18). The molecule has 4 nitrogen and oxygen atoms in total. The summed E-state index contributed by atoms with van der Waals surface area (Å²) in [5.41, 5.74) is 7.33. The van der Waals surface area contributed by atoms with Crippen LogP contribution < -0.4 is 11.1 Å². The summed E-state index contributed by atoms with van der Waals surface area (Å²) in [5.74, 6) is 0. The number of rotatable bonds is 4. The van der Waals surface area contributed by atoms with Crippen LogP contribution in [-0.2, 0) is 4.74 Å². The van der Waals surface area contributed by atoms with E-state index in [9.17, 15) is 4.79 Å². The molecule has 0 radical (unpaired) electrons. The summed E-state index contributed by atoms with van der Waals surface area (Å²) in [6.07, 6.45) is 0.273. The lowest BCUT2D eigenvalue weighted by Crippen LogP contribution is -2.35. The highest BCUT2D eigenvalue weighted by atomic mass is 16.6. The summed E-state index contributed by atoms with van der Waals surface area (Å²) in [6.45, 7) is 8.07. The summed E-state index contributed by atoms with van der Waals surface area (Å²) in [6, 6.07) is 7.93. The molecule has 1 atom stereocenters. The lowest BCUT2D eigenvalue weighted by atomic mass is 10.0. The molecule has 1 aromatic carbocycles. The van der Waals surface area contributed by atoms with Gasteiger partial charge in [-0.3, -0.25) is 0 Å². The molecule has 0 bridgehead atoms. The van der Waals surface area contributed by atoms with E-state index in [0.29, 0.717) is 13.0 Å². The average Bonchev–Trinajstić information content (AvgIpc) is 2.26. The minimum absolute atomic E-state index is 0.111. The van der Waals surface area contributed by atoms with E-state index in [4.69, 9.17) is 10.5 Å². The zero-order valence-electron chi connectivity index (χ0n) is 12.2. The van der Waals surface area contributed by atoms with Gasteiger partial charge in [0.1, 0.15) is 5.60 Å². The average molecular weight is 264 g/mol. The topological polar surface area (TPSA) is 64.3 Å². The number of nitrogens with one attached hydrogen (secondary N) is 1.